The molecular weight excluding hydrogens is 152 g/mol. The van der Waals surface area contributed by atoms with E-state index in [1.165, 1.54) is 0 Å². The van der Waals surface area contributed by atoms with Crippen molar-refractivity contribution in [1.29, 1.82) is 0 Å². The first-order valence-corrected chi connectivity index (χ1v) is 4.69. The molecule has 0 amide bonds. The average Bonchev–Trinajstić information content (AvgIpc) is 1.64. The molecule has 0 saturated heterocycles. The third-order valence-corrected chi connectivity index (χ3v) is 1.99. The van der Waals surface area contributed by atoms with Gasteiger partial charge in [-0.1, -0.05) is 25.4 Å². The van der Waals surface area contributed by atoms with Gasteiger partial charge in [0.1, 0.15) is 4.75 Å². The van der Waals surface area contributed by atoms with Crippen molar-refractivity contribution in [3.8, 4) is 0 Å². The van der Waals surface area contributed by atoms with Crippen LogP contribution in [0.5, 0.6) is 0 Å². The summed E-state index contributed by atoms with van der Waals surface area (Å²) in [5.41, 5.74) is 0. The minimum absolute atomic E-state index is 0.288. The standard InChI is InChI=1S/C5H15ClN2Si/c1-3-7-5(6,9)8-4-2/h7-8H,3-4H2,1-2,9H3. The minimum Gasteiger partial charge on any atom is -0.291 e. The number of rotatable bonds is 4. The fraction of sp³-hybridized carbons (Fsp3) is 1.00. The highest BCUT2D eigenvalue weighted by atomic mass is 35.5. The van der Waals surface area contributed by atoms with Crippen LogP contribution >= 0.6 is 11.6 Å². The first-order chi connectivity index (χ1) is 4.12. The summed E-state index contributed by atoms with van der Waals surface area (Å²) in [4.78, 5) is 0. The third kappa shape index (κ3) is 4.90. The van der Waals surface area contributed by atoms with Gasteiger partial charge in [0.2, 0.25) is 0 Å². The Morgan fingerprint density at radius 2 is 1.67 bits per heavy atom. The molecule has 0 heterocycles. The topological polar surface area (TPSA) is 24.1 Å². The Morgan fingerprint density at radius 3 is 1.89 bits per heavy atom. The first-order valence-electron chi connectivity index (χ1n) is 3.31. The first kappa shape index (κ1) is 9.43. The van der Waals surface area contributed by atoms with E-state index < -0.39 is 0 Å². The molecule has 2 N–H and O–H groups in total. The summed E-state index contributed by atoms with van der Waals surface area (Å²) in [6, 6.07) is 0. The minimum atomic E-state index is -0.288. The lowest BCUT2D eigenvalue weighted by Gasteiger charge is -2.23. The Hall–Kier alpha value is 0.427. The second kappa shape index (κ2) is 4.28. The molecule has 0 spiro atoms. The van der Waals surface area contributed by atoms with Gasteiger partial charge >= 0.3 is 0 Å². The van der Waals surface area contributed by atoms with Gasteiger partial charge in [-0.15, -0.1) is 0 Å². The van der Waals surface area contributed by atoms with Gasteiger partial charge in [0.25, 0.3) is 0 Å². The summed E-state index contributed by atoms with van der Waals surface area (Å²) < 4.78 is -0.288. The third-order valence-electron chi connectivity index (χ3n) is 1.02. The molecule has 0 fully saturated rings. The van der Waals surface area contributed by atoms with Crippen LogP contribution in [0.15, 0.2) is 0 Å². The highest BCUT2D eigenvalue weighted by Crippen LogP contribution is 1.97. The molecule has 4 heteroatoms. The van der Waals surface area contributed by atoms with E-state index in [-0.39, 0.29) is 4.75 Å². The highest BCUT2D eigenvalue weighted by Gasteiger charge is 2.14. The Balaban J connectivity index is 3.43. The smallest absolute Gasteiger partial charge is 0.120 e. The molecule has 0 rings (SSSR count). The van der Waals surface area contributed by atoms with Crippen LogP contribution in [0.2, 0.25) is 0 Å². The summed E-state index contributed by atoms with van der Waals surface area (Å²) in [6.07, 6.45) is 0. The Bertz CT molecular complexity index is 69.4. The Morgan fingerprint density at radius 1 is 1.33 bits per heavy atom. The molecule has 9 heavy (non-hydrogen) atoms. The fourth-order valence-corrected chi connectivity index (χ4v) is 1.70. The molecular formula is C5H15ClN2Si. The van der Waals surface area contributed by atoms with E-state index in [2.05, 4.69) is 10.6 Å². The molecule has 2 nitrogen and oxygen atoms in total. The molecule has 0 aromatic carbocycles. The van der Waals surface area contributed by atoms with Crippen LogP contribution in [-0.4, -0.2) is 28.1 Å². The zero-order valence-corrected chi connectivity index (χ0v) is 9.05. The maximum atomic E-state index is 5.98. The van der Waals surface area contributed by atoms with Crippen molar-refractivity contribution in [2.75, 3.05) is 13.1 Å². The molecule has 0 aliphatic carbocycles. The largest absolute Gasteiger partial charge is 0.291 e. The van der Waals surface area contributed by atoms with Gasteiger partial charge in [-0.2, -0.15) is 0 Å². The fourth-order valence-electron chi connectivity index (χ4n) is 0.726. The van der Waals surface area contributed by atoms with Crippen molar-refractivity contribution in [2.24, 2.45) is 0 Å². The lowest BCUT2D eigenvalue weighted by atomic mass is 10.7. The van der Waals surface area contributed by atoms with Crippen molar-refractivity contribution in [3.63, 3.8) is 0 Å². The van der Waals surface area contributed by atoms with Gasteiger partial charge in [-0.25, -0.2) is 0 Å². The second-order valence-electron chi connectivity index (χ2n) is 2.06. The van der Waals surface area contributed by atoms with E-state index >= 15 is 0 Å². The zero-order valence-electron chi connectivity index (χ0n) is 6.29. The zero-order chi connectivity index (χ0) is 7.33. The van der Waals surface area contributed by atoms with Crippen LogP contribution in [0.25, 0.3) is 0 Å². The van der Waals surface area contributed by atoms with Gasteiger partial charge in [0.15, 0.2) is 0 Å². The quantitative estimate of drug-likeness (QED) is 0.253. The van der Waals surface area contributed by atoms with E-state index in [1.807, 2.05) is 13.8 Å². The average molecular weight is 167 g/mol. The van der Waals surface area contributed by atoms with E-state index in [1.54, 1.807) is 0 Å². The Labute approximate surface area is 64.8 Å². The highest BCUT2D eigenvalue weighted by molar-refractivity contribution is 6.43. The van der Waals surface area contributed by atoms with Gasteiger partial charge < -0.3 is 0 Å². The number of hydrogen-bond donors (Lipinski definition) is 2. The van der Waals surface area contributed by atoms with Crippen LogP contribution in [0.1, 0.15) is 13.8 Å². The van der Waals surface area contributed by atoms with Gasteiger partial charge in [-0.05, 0) is 13.1 Å². The van der Waals surface area contributed by atoms with Crippen LogP contribution < -0.4 is 10.6 Å². The van der Waals surface area contributed by atoms with Crippen LogP contribution in [0, 0.1) is 0 Å². The second-order valence-corrected chi connectivity index (χ2v) is 4.95. The van der Waals surface area contributed by atoms with Gasteiger partial charge in [-0.3, -0.25) is 10.6 Å². The molecule has 0 atom stereocenters. The molecule has 0 aliphatic rings. The molecule has 0 unspecified atom stereocenters. The predicted molar refractivity (Wildman–Crippen MR) is 45.9 cm³/mol. The number of nitrogens with one attached hydrogen (secondary N) is 2. The summed E-state index contributed by atoms with van der Waals surface area (Å²) in [5, 5.41) is 6.28. The maximum absolute atomic E-state index is 5.98. The Kier molecular flexibility index (Phi) is 4.48. The molecule has 0 radical (unpaired) electrons. The summed E-state index contributed by atoms with van der Waals surface area (Å²) >= 11 is 5.98. The lowest BCUT2D eigenvalue weighted by Crippen LogP contribution is -2.52. The van der Waals surface area contributed by atoms with E-state index in [4.69, 9.17) is 11.6 Å². The summed E-state index contributed by atoms with van der Waals surface area (Å²) in [5.74, 6) is 0. The molecule has 0 aromatic heterocycles. The SMILES string of the molecule is CCNC([SiH3])(Cl)NCC. The van der Waals surface area contributed by atoms with Crippen LogP contribution in [-0.2, 0) is 0 Å². The maximum Gasteiger partial charge on any atom is 0.120 e. The predicted octanol–water partition coefficient (Wildman–Crippen LogP) is -0.579. The molecule has 0 saturated carbocycles. The van der Waals surface area contributed by atoms with Gasteiger partial charge in [0, 0.05) is 0 Å². The lowest BCUT2D eigenvalue weighted by molar-refractivity contribution is 0.513. The molecule has 0 aromatic rings. The molecule has 0 bridgehead atoms. The monoisotopic (exact) mass is 166 g/mol. The van der Waals surface area contributed by atoms with Crippen molar-refractivity contribution < 1.29 is 0 Å². The number of hydrogen-bond acceptors (Lipinski definition) is 2. The molecule has 56 valence electrons. The molecule has 0 aliphatic heterocycles. The van der Waals surface area contributed by atoms with Gasteiger partial charge in [0.05, 0.1) is 10.2 Å². The number of halogens is 1. The summed E-state index contributed by atoms with van der Waals surface area (Å²) in [7, 11) is 0.911. The van der Waals surface area contributed by atoms with Crippen molar-refractivity contribution in [2.45, 2.75) is 18.6 Å². The summed E-state index contributed by atoms with van der Waals surface area (Å²) in [6.45, 7) is 5.93. The van der Waals surface area contributed by atoms with Crippen LogP contribution in [0.4, 0.5) is 0 Å². The van der Waals surface area contributed by atoms with Crippen molar-refractivity contribution in [3.05, 3.63) is 0 Å². The van der Waals surface area contributed by atoms with E-state index in [0.29, 0.717) is 0 Å². The normalized spacial score (nSPS) is 12.3. The van der Waals surface area contributed by atoms with Crippen molar-refractivity contribution in [1.82, 2.24) is 10.6 Å². The van der Waals surface area contributed by atoms with Crippen molar-refractivity contribution >= 4 is 21.8 Å². The number of alkyl halides is 1. The van der Waals surface area contributed by atoms with E-state index in [9.17, 15) is 0 Å². The van der Waals surface area contributed by atoms with Crippen LogP contribution in [0.3, 0.4) is 0 Å². The van der Waals surface area contributed by atoms with E-state index in [0.717, 1.165) is 23.3 Å².